The van der Waals surface area contributed by atoms with E-state index in [1.54, 1.807) is 12.1 Å². The van der Waals surface area contributed by atoms with Gasteiger partial charge in [0.2, 0.25) is 0 Å². The van der Waals surface area contributed by atoms with Gasteiger partial charge in [0, 0.05) is 63.0 Å². The molecule has 0 aliphatic heterocycles. The zero-order chi connectivity index (χ0) is 28.9. The summed E-state index contributed by atoms with van der Waals surface area (Å²) < 4.78 is 29.5. The van der Waals surface area contributed by atoms with Gasteiger partial charge < -0.3 is 15.1 Å². The summed E-state index contributed by atoms with van der Waals surface area (Å²) in [5.74, 6) is 0.633. The molecule has 0 saturated heterocycles. The minimum Gasteiger partial charge on any atom is -0.378 e. The van der Waals surface area contributed by atoms with Crippen LogP contribution in [-0.2, 0) is 21.9 Å². The van der Waals surface area contributed by atoms with Gasteiger partial charge in [-0.3, -0.25) is 0 Å². The lowest BCUT2D eigenvalue weighted by Gasteiger charge is -2.35. The molecular formula is C33H37N5O2S. The molecule has 3 aromatic carbocycles. The number of hydrogen-bond acceptors (Lipinski definition) is 6. The van der Waals surface area contributed by atoms with E-state index in [9.17, 15) is 8.42 Å². The van der Waals surface area contributed by atoms with E-state index in [0.29, 0.717) is 24.0 Å². The zero-order valence-electron chi connectivity index (χ0n) is 24.3. The van der Waals surface area contributed by atoms with E-state index in [0.717, 1.165) is 46.5 Å². The second-order valence-electron chi connectivity index (χ2n) is 11.7. The van der Waals surface area contributed by atoms with Crippen LogP contribution >= 0.6 is 0 Å². The number of rotatable bonds is 8. The van der Waals surface area contributed by atoms with Gasteiger partial charge in [-0.2, -0.15) is 12.5 Å². The van der Waals surface area contributed by atoms with E-state index in [-0.39, 0.29) is 4.90 Å². The van der Waals surface area contributed by atoms with Crippen LogP contribution in [0.5, 0.6) is 0 Å². The van der Waals surface area contributed by atoms with Gasteiger partial charge in [0.05, 0.1) is 10.6 Å². The lowest BCUT2D eigenvalue weighted by molar-refractivity contribution is 0.565. The van der Waals surface area contributed by atoms with Gasteiger partial charge >= 0.3 is 0 Å². The molecule has 7 nitrogen and oxygen atoms in total. The van der Waals surface area contributed by atoms with Gasteiger partial charge in [0.1, 0.15) is 0 Å². The minimum atomic E-state index is -3.92. The summed E-state index contributed by atoms with van der Waals surface area (Å²) in [7, 11) is 4.19. The van der Waals surface area contributed by atoms with Crippen LogP contribution in [0.2, 0.25) is 0 Å². The monoisotopic (exact) mass is 567 g/mol. The Bertz CT molecular complexity index is 1650. The standard InChI is InChI=1S/C33H37N5O2S/c1-23-6-18-29(19-7-23)41(39,40)38-31-22-33(24-8-14-27(15-9-24)36(2)3,25-10-16-28(17-11-25)37(4)5)21-20-30(31)32(35-38)34-26-12-13-26/h6-11,14-21,26H,12-13,22H2,1-5H3,(H,34,35). The smallest absolute Gasteiger partial charge is 0.283 e. The number of aryl methyl sites for hydroxylation is 1. The highest BCUT2D eigenvalue weighted by Crippen LogP contribution is 2.45. The Morgan fingerprint density at radius 1 is 0.829 bits per heavy atom. The quantitative estimate of drug-likeness (QED) is 0.295. The van der Waals surface area contributed by atoms with Crippen molar-refractivity contribution in [3.63, 3.8) is 0 Å². The second-order valence-corrected chi connectivity index (χ2v) is 13.4. The summed E-state index contributed by atoms with van der Waals surface area (Å²) in [4.78, 5) is 4.39. The SMILES string of the molecule is Cc1ccc(S(=O)(=O)n2nc(NC3CC3)c3c2CC(c2ccc(N(C)C)cc2)(c2ccc(N(C)C)cc2)C=C3)cc1. The summed E-state index contributed by atoms with van der Waals surface area (Å²) in [6.45, 7) is 1.95. The van der Waals surface area contributed by atoms with E-state index in [1.165, 1.54) is 4.09 Å². The predicted molar refractivity (Wildman–Crippen MR) is 168 cm³/mol. The molecule has 1 N–H and O–H groups in total. The summed E-state index contributed by atoms with van der Waals surface area (Å²) >= 11 is 0. The molecule has 1 aromatic heterocycles. The Hall–Kier alpha value is -4.04. The van der Waals surface area contributed by atoms with E-state index in [1.807, 2.05) is 47.2 Å². The van der Waals surface area contributed by atoms with Crippen molar-refractivity contribution in [2.45, 2.75) is 42.5 Å². The Morgan fingerprint density at radius 2 is 1.37 bits per heavy atom. The molecule has 2 aliphatic rings. The first-order valence-electron chi connectivity index (χ1n) is 14.0. The number of nitrogens with one attached hydrogen (secondary N) is 1. The first-order chi connectivity index (χ1) is 19.6. The van der Waals surface area contributed by atoms with Crippen LogP contribution in [0.15, 0.2) is 83.8 Å². The summed E-state index contributed by atoms with van der Waals surface area (Å²) in [5.41, 5.74) is 6.36. The molecule has 212 valence electrons. The number of anilines is 3. The first-order valence-corrected chi connectivity index (χ1v) is 15.5. The third kappa shape index (κ3) is 4.90. The summed E-state index contributed by atoms with van der Waals surface area (Å²) in [6.07, 6.45) is 6.88. The van der Waals surface area contributed by atoms with Crippen LogP contribution in [0.4, 0.5) is 17.2 Å². The van der Waals surface area contributed by atoms with Crippen molar-refractivity contribution in [1.29, 1.82) is 0 Å². The van der Waals surface area contributed by atoms with Crippen molar-refractivity contribution in [2.75, 3.05) is 43.3 Å². The van der Waals surface area contributed by atoms with Gasteiger partial charge in [-0.1, -0.05) is 54.1 Å². The fourth-order valence-electron chi connectivity index (χ4n) is 5.55. The van der Waals surface area contributed by atoms with Crippen molar-refractivity contribution in [3.05, 3.63) is 107 Å². The van der Waals surface area contributed by atoms with Crippen molar-refractivity contribution in [1.82, 2.24) is 9.19 Å². The third-order valence-corrected chi connectivity index (χ3v) is 9.86. The summed E-state index contributed by atoms with van der Waals surface area (Å²) in [5, 5.41) is 8.21. The number of hydrogen-bond donors (Lipinski definition) is 1. The highest BCUT2D eigenvalue weighted by atomic mass is 32.2. The van der Waals surface area contributed by atoms with Gasteiger partial charge in [-0.25, -0.2) is 0 Å². The molecule has 0 spiro atoms. The van der Waals surface area contributed by atoms with Crippen LogP contribution in [-0.4, -0.2) is 51.8 Å². The van der Waals surface area contributed by atoms with E-state index < -0.39 is 15.4 Å². The van der Waals surface area contributed by atoms with Crippen molar-refractivity contribution >= 4 is 33.3 Å². The maximum atomic E-state index is 14.1. The fourth-order valence-corrected chi connectivity index (χ4v) is 6.87. The fraction of sp³-hybridized carbons (Fsp3) is 0.303. The molecule has 4 aromatic rings. The third-order valence-electron chi connectivity index (χ3n) is 8.23. The lowest BCUT2D eigenvalue weighted by Crippen LogP contribution is -2.33. The molecule has 2 aliphatic carbocycles. The predicted octanol–water partition coefficient (Wildman–Crippen LogP) is 5.69. The topological polar surface area (TPSA) is 70.5 Å². The molecule has 1 fully saturated rings. The molecule has 0 unspecified atom stereocenters. The van der Waals surface area contributed by atoms with Crippen molar-refractivity contribution < 1.29 is 8.42 Å². The number of nitrogens with zero attached hydrogens (tertiary/aromatic N) is 4. The lowest BCUT2D eigenvalue weighted by atomic mass is 9.68. The van der Waals surface area contributed by atoms with Crippen molar-refractivity contribution in [3.8, 4) is 0 Å². The molecule has 1 heterocycles. The Kier molecular flexibility index (Phi) is 6.69. The average molecular weight is 568 g/mol. The van der Waals surface area contributed by atoms with Crippen LogP contribution in [0.25, 0.3) is 6.08 Å². The second kappa shape index (κ2) is 10.1. The molecule has 0 amide bonds. The number of fused-ring (bicyclic) bond motifs is 1. The van der Waals surface area contributed by atoms with Gasteiger partial charge in [-0.05, 0) is 67.3 Å². The molecule has 0 radical (unpaired) electrons. The average Bonchev–Trinajstić information content (AvgIpc) is 3.72. The summed E-state index contributed by atoms with van der Waals surface area (Å²) in [6, 6.07) is 24.4. The van der Waals surface area contributed by atoms with Crippen LogP contribution < -0.4 is 15.1 Å². The Balaban J connectivity index is 1.53. The van der Waals surface area contributed by atoms with Gasteiger partial charge in [0.15, 0.2) is 5.82 Å². The number of aromatic nitrogens is 2. The normalized spacial score (nSPS) is 15.8. The minimum absolute atomic E-state index is 0.234. The molecule has 0 atom stereocenters. The van der Waals surface area contributed by atoms with Gasteiger partial charge in [0.25, 0.3) is 10.0 Å². The van der Waals surface area contributed by atoms with Crippen LogP contribution in [0.3, 0.4) is 0 Å². The molecule has 0 bridgehead atoms. The Labute approximate surface area is 243 Å². The molecule has 8 heteroatoms. The van der Waals surface area contributed by atoms with E-state index in [2.05, 4.69) is 75.8 Å². The molecule has 41 heavy (non-hydrogen) atoms. The van der Waals surface area contributed by atoms with Crippen LogP contribution in [0, 0.1) is 6.92 Å². The molecular weight excluding hydrogens is 530 g/mol. The largest absolute Gasteiger partial charge is 0.378 e. The maximum absolute atomic E-state index is 14.1. The molecule has 1 saturated carbocycles. The highest BCUT2D eigenvalue weighted by molar-refractivity contribution is 7.89. The number of allylic oxidation sites excluding steroid dienone is 1. The van der Waals surface area contributed by atoms with Crippen molar-refractivity contribution in [2.24, 2.45) is 0 Å². The van der Waals surface area contributed by atoms with Gasteiger partial charge in [-0.15, -0.1) is 5.10 Å². The number of benzene rings is 3. The first kappa shape index (κ1) is 27.1. The maximum Gasteiger partial charge on any atom is 0.283 e. The highest BCUT2D eigenvalue weighted by Gasteiger charge is 2.40. The van der Waals surface area contributed by atoms with Crippen LogP contribution in [0.1, 0.15) is 40.8 Å². The van der Waals surface area contributed by atoms with E-state index >= 15 is 0 Å². The van der Waals surface area contributed by atoms with E-state index in [4.69, 9.17) is 5.10 Å². The molecule has 6 rings (SSSR count). The Morgan fingerprint density at radius 3 is 1.85 bits per heavy atom. The zero-order valence-corrected chi connectivity index (χ0v) is 25.1.